The first-order valence-corrected chi connectivity index (χ1v) is 12.4. The van der Waals surface area contributed by atoms with Gasteiger partial charge in [-0.25, -0.2) is 17.6 Å². The van der Waals surface area contributed by atoms with Crippen molar-refractivity contribution in [2.75, 3.05) is 19.8 Å². The minimum absolute atomic E-state index is 0.0121. The summed E-state index contributed by atoms with van der Waals surface area (Å²) < 4.78 is 75.7. The van der Waals surface area contributed by atoms with Gasteiger partial charge in [0.25, 0.3) is 18.3 Å². The SMILES string of the molecule is CC.O=C(NCC(F)F)c1cc(F)c(COc2nc3nc(O[C@@H]4COC5[C@H](O)CO[C@@H]54)[nH]c3cc2Cl)c(F)c1. The van der Waals surface area contributed by atoms with Crippen molar-refractivity contribution >= 4 is 28.7 Å². The van der Waals surface area contributed by atoms with Gasteiger partial charge in [0.1, 0.15) is 41.6 Å². The van der Waals surface area contributed by atoms with Crippen LogP contribution in [0.4, 0.5) is 17.6 Å². The Balaban J connectivity index is 0.00000172. The number of hydrogen-bond acceptors (Lipinski definition) is 8. The van der Waals surface area contributed by atoms with Gasteiger partial charge in [0.05, 0.1) is 30.8 Å². The Kier molecular flexibility index (Phi) is 9.10. The van der Waals surface area contributed by atoms with Gasteiger partial charge < -0.3 is 34.4 Å². The zero-order chi connectivity index (χ0) is 28.3. The molecule has 0 saturated carbocycles. The quantitative estimate of drug-likeness (QED) is 0.348. The maximum Gasteiger partial charge on any atom is 0.296 e. The lowest BCUT2D eigenvalue weighted by molar-refractivity contribution is 0.00706. The molecule has 10 nitrogen and oxygen atoms in total. The van der Waals surface area contributed by atoms with Crippen molar-refractivity contribution in [2.24, 2.45) is 0 Å². The molecule has 3 N–H and O–H groups in total. The van der Waals surface area contributed by atoms with Crippen molar-refractivity contribution < 1.29 is 46.4 Å². The number of ether oxygens (including phenoxy) is 4. The van der Waals surface area contributed by atoms with Crippen LogP contribution in [0.3, 0.4) is 0 Å². The molecule has 0 radical (unpaired) electrons. The third-order valence-electron chi connectivity index (χ3n) is 5.79. The molecule has 3 aromatic rings. The summed E-state index contributed by atoms with van der Waals surface area (Å²) >= 11 is 6.20. The molecule has 1 amide bonds. The number of carbonyl (C=O) groups excluding carboxylic acids is 1. The second-order valence-electron chi connectivity index (χ2n) is 8.32. The summed E-state index contributed by atoms with van der Waals surface area (Å²) in [4.78, 5) is 23.1. The van der Waals surface area contributed by atoms with Crippen LogP contribution < -0.4 is 14.8 Å². The van der Waals surface area contributed by atoms with E-state index in [4.69, 9.17) is 30.5 Å². The first-order valence-electron chi connectivity index (χ1n) is 12.0. The van der Waals surface area contributed by atoms with Crippen LogP contribution in [-0.4, -0.2) is 76.6 Å². The van der Waals surface area contributed by atoms with E-state index in [0.717, 1.165) is 0 Å². The number of nitrogens with zero attached hydrogens (tertiary/aromatic N) is 2. The fraction of sp³-hybridized carbons (Fsp3) is 0.458. The van der Waals surface area contributed by atoms with Crippen molar-refractivity contribution in [1.82, 2.24) is 20.3 Å². The van der Waals surface area contributed by atoms with Crippen LogP contribution in [0.2, 0.25) is 5.02 Å². The van der Waals surface area contributed by atoms with E-state index in [0.29, 0.717) is 17.6 Å². The molecule has 1 unspecified atom stereocenters. The van der Waals surface area contributed by atoms with E-state index < -0.39 is 72.7 Å². The Morgan fingerprint density at radius 3 is 2.56 bits per heavy atom. The lowest BCUT2D eigenvalue weighted by atomic mass is 10.1. The van der Waals surface area contributed by atoms with E-state index in [2.05, 4.69) is 15.0 Å². The molecule has 2 fully saturated rings. The van der Waals surface area contributed by atoms with Crippen LogP contribution in [-0.2, 0) is 16.1 Å². The number of imidazole rings is 1. The van der Waals surface area contributed by atoms with Gasteiger partial charge >= 0.3 is 0 Å². The smallest absolute Gasteiger partial charge is 0.296 e. The molecule has 2 aliphatic heterocycles. The highest BCUT2D eigenvalue weighted by Gasteiger charge is 2.48. The number of rotatable bonds is 8. The summed E-state index contributed by atoms with van der Waals surface area (Å²) in [5.41, 5.74) is -0.447. The zero-order valence-corrected chi connectivity index (χ0v) is 21.5. The average Bonchev–Trinajstić information content (AvgIpc) is 3.59. The lowest BCUT2D eigenvalue weighted by Gasteiger charge is -2.15. The average molecular weight is 577 g/mol. The van der Waals surface area contributed by atoms with E-state index >= 15 is 0 Å². The number of halogens is 5. The largest absolute Gasteiger partial charge is 0.471 e. The van der Waals surface area contributed by atoms with Gasteiger partial charge in [-0.3, -0.25) is 4.79 Å². The molecule has 5 rings (SSSR count). The Hall–Kier alpha value is -3.20. The predicted octanol–water partition coefficient (Wildman–Crippen LogP) is 3.40. The highest BCUT2D eigenvalue weighted by atomic mass is 35.5. The van der Waals surface area contributed by atoms with Crippen molar-refractivity contribution in [3.05, 3.63) is 46.0 Å². The number of alkyl halides is 2. The fourth-order valence-electron chi connectivity index (χ4n) is 4.01. The Morgan fingerprint density at radius 2 is 1.87 bits per heavy atom. The minimum atomic E-state index is -2.81. The van der Waals surface area contributed by atoms with Crippen LogP contribution >= 0.6 is 11.6 Å². The maximum atomic E-state index is 14.5. The maximum absolute atomic E-state index is 14.5. The van der Waals surface area contributed by atoms with Gasteiger partial charge in [-0.1, -0.05) is 25.4 Å². The molecule has 2 aliphatic rings. The summed E-state index contributed by atoms with van der Waals surface area (Å²) in [5, 5.41) is 11.7. The number of H-pyrrole nitrogens is 1. The molecule has 15 heteroatoms. The van der Waals surface area contributed by atoms with Crippen LogP contribution in [0.1, 0.15) is 29.8 Å². The number of aromatic nitrogens is 3. The standard InChI is InChI=1S/C22H19ClF4N4O6.C2H6/c23-10-3-13-19(31-22(29-13)37-15-7-35-17-14(32)6-34-18(15)17)30-21(10)36-5-9-11(24)1-8(2-12(9)25)20(33)28-4-16(26)27;1-2/h1-3,14-18,32H,4-7H2,(H,28,33)(H,29,30,31);1-2H3/t14-,15-,17?,18-;/m1./s1. The summed E-state index contributed by atoms with van der Waals surface area (Å²) in [6.07, 6.45) is -4.99. The second-order valence-corrected chi connectivity index (χ2v) is 8.72. The van der Waals surface area contributed by atoms with E-state index in [1.54, 1.807) is 0 Å². The van der Waals surface area contributed by atoms with Gasteiger partial charge in [0.15, 0.2) is 11.8 Å². The third-order valence-corrected chi connectivity index (χ3v) is 6.06. The molecular weight excluding hydrogens is 552 g/mol. The highest BCUT2D eigenvalue weighted by molar-refractivity contribution is 6.32. The van der Waals surface area contributed by atoms with Gasteiger partial charge in [0.2, 0.25) is 5.88 Å². The zero-order valence-electron chi connectivity index (χ0n) is 20.7. The van der Waals surface area contributed by atoms with Crippen LogP contribution in [0.25, 0.3) is 11.2 Å². The number of aliphatic hydroxyl groups is 1. The number of hydrogen-bond donors (Lipinski definition) is 3. The minimum Gasteiger partial charge on any atom is -0.471 e. The van der Waals surface area contributed by atoms with E-state index in [1.807, 2.05) is 19.2 Å². The molecule has 0 aliphatic carbocycles. The summed E-state index contributed by atoms with van der Waals surface area (Å²) in [5.74, 6) is -3.46. The number of amides is 1. The third kappa shape index (κ3) is 6.35. The number of carbonyl (C=O) groups is 1. The number of nitrogens with one attached hydrogen (secondary N) is 2. The number of pyridine rings is 1. The molecule has 4 atom stereocenters. The van der Waals surface area contributed by atoms with E-state index in [9.17, 15) is 27.5 Å². The lowest BCUT2D eigenvalue weighted by Crippen LogP contribution is -2.34. The first-order chi connectivity index (χ1) is 18.7. The predicted molar refractivity (Wildman–Crippen MR) is 129 cm³/mol. The van der Waals surface area contributed by atoms with Crippen LogP contribution in [0.5, 0.6) is 11.9 Å². The topological polar surface area (TPSA) is 128 Å². The molecular formula is C24H25ClF4N4O6. The van der Waals surface area contributed by atoms with E-state index in [1.165, 1.54) is 6.07 Å². The van der Waals surface area contributed by atoms with Crippen LogP contribution in [0, 0.1) is 11.6 Å². The Labute approximate surface area is 224 Å². The van der Waals surface area contributed by atoms with Crippen molar-refractivity contribution in [2.45, 2.75) is 51.3 Å². The molecule has 39 heavy (non-hydrogen) atoms. The normalized spacial score (nSPS) is 22.0. The highest BCUT2D eigenvalue weighted by Crippen LogP contribution is 2.31. The summed E-state index contributed by atoms with van der Waals surface area (Å²) in [6.45, 7) is 2.75. The van der Waals surface area contributed by atoms with Crippen molar-refractivity contribution in [3.8, 4) is 11.9 Å². The van der Waals surface area contributed by atoms with Gasteiger partial charge in [-0.05, 0) is 18.2 Å². The summed E-state index contributed by atoms with van der Waals surface area (Å²) in [6, 6.07) is 2.95. The molecule has 0 spiro atoms. The van der Waals surface area contributed by atoms with E-state index in [-0.39, 0.29) is 35.8 Å². The van der Waals surface area contributed by atoms with Gasteiger partial charge in [0, 0.05) is 5.56 Å². The van der Waals surface area contributed by atoms with Gasteiger partial charge in [-0.15, -0.1) is 0 Å². The second kappa shape index (κ2) is 12.3. The monoisotopic (exact) mass is 576 g/mol. The van der Waals surface area contributed by atoms with Crippen molar-refractivity contribution in [1.29, 1.82) is 0 Å². The molecule has 0 bridgehead atoms. The number of fused-ring (bicyclic) bond motifs is 2. The number of aliphatic hydroxyl groups excluding tert-OH is 1. The van der Waals surface area contributed by atoms with Crippen LogP contribution in [0.15, 0.2) is 18.2 Å². The Morgan fingerprint density at radius 1 is 1.18 bits per heavy atom. The molecule has 1 aromatic carbocycles. The summed E-state index contributed by atoms with van der Waals surface area (Å²) in [7, 11) is 0. The van der Waals surface area contributed by atoms with Gasteiger partial charge in [-0.2, -0.15) is 9.97 Å². The fourth-order valence-corrected chi connectivity index (χ4v) is 4.22. The first kappa shape index (κ1) is 28.8. The number of benzene rings is 1. The molecule has 4 heterocycles. The molecule has 2 aromatic heterocycles. The Bertz CT molecular complexity index is 1310. The molecule has 2 saturated heterocycles. The molecule has 212 valence electrons. The number of aromatic amines is 1. The van der Waals surface area contributed by atoms with Crippen molar-refractivity contribution in [3.63, 3.8) is 0 Å².